The number of pyridine rings is 1. The molecule has 1 saturated heterocycles. The van der Waals surface area contributed by atoms with Crippen LogP contribution in [-0.4, -0.2) is 27.4 Å². The molecule has 0 atom stereocenters. The first kappa shape index (κ1) is 15.9. The molecular weight excluding hydrogens is 320 g/mol. The predicted octanol–water partition coefficient (Wildman–Crippen LogP) is 4.06. The molecule has 1 fully saturated rings. The van der Waals surface area contributed by atoms with Gasteiger partial charge in [-0.1, -0.05) is 12.1 Å². The van der Waals surface area contributed by atoms with Gasteiger partial charge in [-0.05, 0) is 80.9 Å². The van der Waals surface area contributed by atoms with E-state index in [1.165, 1.54) is 74.0 Å². The van der Waals surface area contributed by atoms with E-state index in [2.05, 4.69) is 27.5 Å². The molecule has 4 nitrogen and oxygen atoms in total. The van der Waals surface area contributed by atoms with Gasteiger partial charge in [-0.25, -0.2) is 4.98 Å². The summed E-state index contributed by atoms with van der Waals surface area (Å²) >= 11 is 0. The number of likely N-dealkylation sites (tertiary alicyclic amines) is 1. The highest BCUT2D eigenvalue weighted by atomic mass is 15.2. The molecule has 4 heteroatoms. The molecule has 3 aromatic rings. The third kappa shape index (κ3) is 2.78. The smallest absolute Gasteiger partial charge is 0.137 e. The van der Waals surface area contributed by atoms with Gasteiger partial charge in [0.05, 0.1) is 11.4 Å². The number of imidazole rings is 1. The molecule has 134 valence electrons. The number of nitrogens with zero attached hydrogens (tertiary/aromatic N) is 3. The fourth-order valence-corrected chi connectivity index (χ4v) is 4.53. The van der Waals surface area contributed by atoms with Crippen LogP contribution in [0, 0.1) is 0 Å². The van der Waals surface area contributed by atoms with Crippen molar-refractivity contribution in [3.63, 3.8) is 0 Å². The van der Waals surface area contributed by atoms with Crippen molar-refractivity contribution in [2.45, 2.75) is 45.1 Å². The largest absolute Gasteiger partial charge is 0.398 e. The van der Waals surface area contributed by atoms with E-state index >= 15 is 0 Å². The molecule has 1 aromatic carbocycles. The number of benzene rings is 1. The summed E-state index contributed by atoms with van der Waals surface area (Å²) in [5, 5.41) is 0. The van der Waals surface area contributed by atoms with E-state index < -0.39 is 0 Å². The van der Waals surface area contributed by atoms with Gasteiger partial charge in [-0.3, -0.25) is 4.90 Å². The van der Waals surface area contributed by atoms with E-state index in [1.807, 2.05) is 18.3 Å². The summed E-state index contributed by atoms with van der Waals surface area (Å²) in [5.74, 6) is 0. The molecular formula is C22H26N4. The van der Waals surface area contributed by atoms with Crippen molar-refractivity contribution in [1.29, 1.82) is 0 Å². The van der Waals surface area contributed by atoms with Gasteiger partial charge in [-0.15, -0.1) is 0 Å². The fourth-order valence-electron chi connectivity index (χ4n) is 4.53. The predicted molar refractivity (Wildman–Crippen MR) is 106 cm³/mol. The highest BCUT2D eigenvalue weighted by Gasteiger charge is 2.20. The lowest BCUT2D eigenvalue weighted by molar-refractivity contribution is 0.327. The van der Waals surface area contributed by atoms with Crippen LogP contribution in [0.25, 0.3) is 16.9 Å². The van der Waals surface area contributed by atoms with Crippen LogP contribution in [0.2, 0.25) is 0 Å². The minimum Gasteiger partial charge on any atom is -0.398 e. The topological polar surface area (TPSA) is 46.6 Å². The molecule has 0 spiro atoms. The third-order valence-corrected chi connectivity index (χ3v) is 5.93. The Morgan fingerprint density at radius 3 is 2.58 bits per heavy atom. The lowest BCUT2D eigenvalue weighted by Crippen LogP contribution is -2.20. The van der Waals surface area contributed by atoms with E-state index in [9.17, 15) is 0 Å². The van der Waals surface area contributed by atoms with Crippen molar-refractivity contribution in [1.82, 2.24) is 14.3 Å². The second kappa shape index (κ2) is 6.44. The van der Waals surface area contributed by atoms with Gasteiger partial charge >= 0.3 is 0 Å². The van der Waals surface area contributed by atoms with Gasteiger partial charge in [0, 0.05) is 24.0 Å². The zero-order valence-electron chi connectivity index (χ0n) is 15.2. The van der Waals surface area contributed by atoms with Crippen LogP contribution in [-0.2, 0) is 19.4 Å². The Morgan fingerprint density at radius 2 is 1.73 bits per heavy atom. The number of hydrogen-bond donors (Lipinski definition) is 1. The maximum Gasteiger partial charge on any atom is 0.137 e. The molecule has 1 aliphatic heterocycles. The Hall–Kier alpha value is -2.33. The summed E-state index contributed by atoms with van der Waals surface area (Å²) in [6.45, 7) is 3.30. The molecule has 2 aliphatic rings. The molecule has 0 bridgehead atoms. The lowest BCUT2D eigenvalue weighted by Gasteiger charge is -2.18. The van der Waals surface area contributed by atoms with E-state index in [-0.39, 0.29) is 0 Å². The standard InChI is InChI=1S/C22H26N4/c23-19-9-10-21-24-22(18-8-7-16-5-1-2-6-17(16)13-18)20(26(21)14-19)15-25-11-3-4-12-25/h7-10,13-14H,1-6,11-12,15,23H2. The Kier molecular flexibility index (Phi) is 3.93. The Bertz CT molecular complexity index is 950. The lowest BCUT2D eigenvalue weighted by atomic mass is 9.90. The minimum atomic E-state index is 0.787. The fraction of sp³-hybridized carbons (Fsp3) is 0.409. The van der Waals surface area contributed by atoms with Crippen LogP contribution in [0.4, 0.5) is 5.69 Å². The summed E-state index contributed by atoms with van der Waals surface area (Å²) in [4.78, 5) is 7.53. The van der Waals surface area contributed by atoms with Gasteiger partial charge in [0.25, 0.3) is 0 Å². The van der Waals surface area contributed by atoms with E-state index in [0.717, 1.165) is 23.6 Å². The molecule has 5 rings (SSSR count). The number of fused-ring (bicyclic) bond motifs is 2. The van der Waals surface area contributed by atoms with Crippen molar-refractivity contribution in [3.8, 4) is 11.3 Å². The molecule has 2 N–H and O–H groups in total. The number of aromatic nitrogens is 2. The van der Waals surface area contributed by atoms with Gasteiger partial charge in [0.15, 0.2) is 0 Å². The number of aryl methyl sites for hydroxylation is 2. The normalized spacial score (nSPS) is 17.7. The van der Waals surface area contributed by atoms with Crippen molar-refractivity contribution in [3.05, 3.63) is 53.3 Å². The van der Waals surface area contributed by atoms with Gasteiger partial charge in [0.2, 0.25) is 0 Å². The number of rotatable bonds is 3. The molecule has 2 aromatic heterocycles. The van der Waals surface area contributed by atoms with E-state index in [4.69, 9.17) is 10.7 Å². The maximum absolute atomic E-state index is 6.08. The zero-order chi connectivity index (χ0) is 17.5. The first-order valence-corrected chi connectivity index (χ1v) is 9.89. The Labute approximate surface area is 154 Å². The number of nitrogens with two attached hydrogens (primary N) is 1. The van der Waals surface area contributed by atoms with Crippen LogP contribution < -0.4 is 5.73 Å². The van der Waals surface area contributed by atoms with E-state index in [0.29, 0.717) is 0 Å². The zero-order valence-corrected chi connectivity index (χ0v) is 15.2. The summed E-state index contributed by atoms with van der Waals surface area (Å²) < 4.78 is 2.20. The molecule has 26 heavy (non-hydrogen) atoms. The second-order valence-electron chi connectivity index (χ2n) is 7.77. The van der Waals surface area contributed by atoms with Crippen LogP contribution in [0.1, 0.15) is 42.5 Å². The number of nitrogen functional groups attached to an aromatic ring is 1. The third-order valence-electron chi connectivity index (χ3n) is 5.93. The van der Waals surface area contributed by atoms with Crippen molar-refractivity contribution >= 4 is 11.3 Å². The van der Waals surface area contributed by atoms with Crippen LogP contribution in [0.5, 0.6) is 0 Å². The summed E-state index contributed by atoms with van der Waals surface area (Å²) in [7, 11) is 0. The molecule has 0 amide bonds. The summed E-state index contributed by atoms with van der Waals surface area (Å²) in [6, 6.07) is 10.9. The van der Waals surface area contributed by atoms with E-state index in [1.54, 1.807) is 0 Å². The second-order valence-corrected chi connectivity index (χ2v) is 7.77. The van der Waals surface area contributed by atoms with Crippen LogP contribution >= 0.6 is 0 Å². The number of anilines is 1. The molecule has 0 radical (unpaired) electrons. The van der Waals surface area contributed by atoms with Crippen molar-refractivity contribution in [2.24, 2.45) is 0 Å². The first-order valence-electron chi connectivity index (χ1n) is 9.89. The van der Waals surface area contributed by atoms with Gasteiger partial charge in [-0.2, -0.15) is 0 Å². The van der Waals surface area contributed by atoms with Crippen LogP contribution in [0.15, 0.2) is 36.5 Å². The molecule has 3 heterocycles. The summed E-state index contributed by atoms with van der Waals surface area (Å²) in [5.41, 5.74) is 14.5. The monoisotopic (exact) mass is 346 g/mol. The number of hydrogen-bond acceptors (Lipinski definition) is 3. The highest BCUT2D eigenvalue weighted by Crippen LogP contribution is 2.31. The maximum atomic E-state index is 6.08. The van der Waals surface area contributed by atoms with Crippen molar-refractivity contribution in [2.75, 3.05) is 18.8 Å². The molecule has 0 saturated carbocycles. The van der Waals surface area contributed by atoms with Crippen molar-refractivity contribution < 1.29 is 0 Å². The average Bonchev–Trinajstić information content (AvgIpc) is 3.30. The Balaban J connectivity index is 1.64. The summed E-state index contributed by atoms with van der Waals surface area (Å²) in [6.07, 6.45) is 9.66. The first-order chi connectivity index (χ1) is 12.8. The molecule has 1 aliphatic carbocycles. The average molecular weight is 346 g/mol. The minimum absolute atomic E-state index is 0.787. The SMILES string of the molecule is Nc1ccc2nc(-c3ccc4c(c3)CCCC4)c(CN3CCCC3)n2c1. The van der Waals surface area contributed by atoms with Gasteiger partial charge < -0.3 is 10.1 Å². The van der Waals surface area contributed by atoms with Gasteiger partial charge in [0.1, 0.15) is 5.65 Å². The molecule has 0 unspecified atom stereocenters. The van der Waals surface area contributed by atoms with Crippen LogP contribution in [0.3, 0.4) is 0 Å². The highest BCUT2D eigenvalue weighted by molar-refractivity contribution is 5.68. The Morgan fingerprint density at radius 1 is 0.923 bits per heavy atom. The quantitative estimate of drug-likeness (QED) is 0.778.